The Labute approximate surface area is 275 Å². The summed E-state index contributed by atoms with van der Waals surface area (Å²) in [7, 11) is 0.628. The minimum absolute atomic E-state index is 0. The van der Waals surface area contributed by atoms with E-state index in [9.17, 15) is 5.11 Å². The molecule has 4 rings (SSSR count). The van der Waals surface area contributed by atoms with E-state index in [4.69, 9.17) is 9.47 Å². The SMILES string of the molecule is C.C.C=C(C)[C@H]1CCC[C@@H](Oc2cccc(C)c2)C1.Cc1cccc(O[C@@H]2CCC[C@H](C(C)CO)C2)c1.[I][V][I]. The molecule has 0 radical (unpaired) electrons. The molecule has 5 atom stereocenters. The molecule has 0 bridgehead atoms. The van der Waals surface area contributed by atoms with Crippen molar-refractivity contribution in [3.05, 3.63) is 71.8 Å². The van der Waals surface area contributed by atoms with Gasteiger partial charge in [0.15, 0.2) is 0 Å². The van der Waals surface area contributed by atoms with E-state index >= 15 is 0 Å². The van der Waals surface area contributed by atoms with Crippen molar-refractivity contribution in [1.29, 1.82) is 0 Å². The molecule has 1 N–H and O–H groups in total. The van der Waals surface area contributed by atoms with Crippen LogP contribution in [0.4, 0.5) is 0 Å². The summed E-state index contributed by atoms with van der Waals surface area (Å²) in [5, 5.41) is 9.26. The summed E-state index contributed by atoms with van der Waals surface area (Å²) in [6, 6.07) is 16.6. The summed E-state index contributed by atoms with van der Waals surface area (Å²) in [6.07, 6.45) is 10.2. The van der Waals surface area contributed by atoms with Crippen LogP contribution in [0.5, 0.6) is 11.5 Å². The van der Waals surface area contributed by atoms with Crippen LogP contribution in [0, 0.1) is 31.6 Å². The molecule has 2 saturated carbocycles. The number of hydrogen-bond acceptors (Lipinski definition) is 3. The third-order valence-electron chi connectivity index (χ3n) is 7.67. The Morgan fingerprint density at radius 1 is 0.900 bits per heavy atom. The number of ether oxygens (including phenoxy) is 2. The summed E-state index contributed by atoms with van der Waals surface area (Å²) in [5.41, 5.74) is 3.81. The van der Waals surface area contributed by atoms with Crippen molar-refractivity contribution in [1.82, 2.24) is 0 Å². The third kappa shape index (κ3) is 15.3. The molecule has 2 aromatic carbocycles. The van der Waals surface area contributed by atoms with Crippen LogP contribution in [0.15, 0.2) is 60.7 Å². The maximum absolute atomic E-state index is 9.26. The Morgan fingerprint density at radius 2 is 1.38 bits per heavy atom. The number of halogens is 2. The van der Waals surface area contributed by atoms with Gasteiger partial charge in [-0.3, -0.25) is 0 Å². The van der Waals surface area contributed by atoms with Crippen LogP contribution in [0.3, 0.4) is 0 Å². The molecule has 0 aliphatic heterocycles. The molecule has 40 heavy (non-hydrogen) atoms. The van der Waals surface area contributed by atoms with E-state index in [-0.39, 0.29) is 14.9 Å². The second-order valence-electron chi connectivity index (χ2n) is 11.0. The summed E-state index contributed by atoms with van der Waals surface area (Å²) in [5.74, 6) is 3.65. The summed E-state index contributed by atoms with van der Waals surface area (Å²) in [4.78, 5) is 0. The zero-order valence-corrected chi connectivity index (χ0v) is 29.3. The van der Waals surface area contributed by atoms with Gasteiger partial charge in [0.25, 0.3) is 0 Å². The molecule has 2 aromatic rings. The second-order valence-corrected chi connectivity index (χ2v) is 22.8. The molecule has 0 aromatic heterocycles. The Balaban J connectivity index is 0.000000663. The standard InChI is InChI=1S/C16H24O2.C16H22O.2CH4.2HI.V/c1-12-5-3-7-15(9-12)18-16-8-4-6-14(10-16)13(2)11-17;1-12(2)14-7-5-9-16(11-14)17-15-8-4-6-13(3)10-15;;;;;/h3,5,7,9,13-14,16-17H,4,6,8,10-11H2,1-2H3;4,6,8,10,14,16H,1,5,7,9,11H2,2-3H3;2*1H4;2*1H;/q;;;;;;+2/p-2/t13?,14-,16+;14-,16+;;;;;/m00...../s1. The van der Waals surface area contributed by atoms with Gasteiger partial charge in [-0.25, -0.2) is 0 Å². The summed E-state index contributed by atoms with van der Waals surface area (Å²) < 4.78 is 12.2. The molecule has 0 amide bonds. The maximum atomic E-state index is 9.26. The Bertz CT molecular complexity index is 954. The number of hydrogen-bond donors (Lipinski definition) is 1. The zero-order chi connectivity index (χ0) is 27.9. The predicted octanol–water partition coefficient (Wildman–Crippen LogP) is 11.1. The fourth-order valence-corrected chi connectivity index (χ4v) is 5.42. The Morgan fingerprint density at radius 3 is 1.82 bits per heavy atom. The molecule has 3 nitrogen and oxygen atoms in total. The van der Waals surface area contributed by atoms with Crippen molar-refractivity contribution in [2.75, 3.05) is 6.61 Å². The molecule has 1 unspecified atom stereocenters. The predicted molar refractivity (Wildman–Crippen MR) is 188 cm³/mol. The number of aliphatic hydroxyl groups excluding tert-OH is 1. The van der Waals surface area contributed by atoms with Gasteiger partial charge < -0.3 is 14.6 Å². The average molecular weight is 816 g/mol. The molecule has 2 fully saturated rings. The van der Waals surface area contributed by atoms with Gasteiger partial charge in [-0.05, 0) is 125 Å². The topological polar surface area (TPSA) is 38.7 Å². The van der Waals surface area contributed by atoms with Gasteiger partial charge in [-0.1, -0.05) is 58.2 Å². The molecule has 0 spiro atoms. The molecule has 227 valence electrons. The first-order valence-corrected chi connectivity index (χ1v) is 22.9. The van der Waals surface area contributed by atoms with Crippen molar-refractivity contribution in [2.24, 2.45) is 17.8 Å². The molecular weight excluding hydrogens is 761 g/mol. The first-order valence-electron chi connectivity index (χ1n) is 13.9. The summed E-state index contributed by atoms with van der Waals surface area (Å²) in [6.45, 7) is 12.8. The summed E-state index contributed by atoms with van der Waals surface area (Å²) >= 11 is 4.74. The monoisotopic (exact) mass is 815 g/mol. The van der Waals surface area contributed by atoms with E-state index in [0.29, 0.717) is 46.0 Å². The number of rotatable bonds is 7. The average Bonchev–Trinajstić information content (AvgIpc) is 2.89. The first-order chi connectivity index (χ1) is 18.2. The van der Waals surface area contributed by atoms with Gasteiger partial charge in [0.1, 0.15) is 11.5 Å². The van der Waals surface area contributed by atoms with Crippen molar-refractivity contribution >= 4 is 40.0 Å². The second kappa shape index (κ2) is 22.3. The molecule has 2 aliphatic carbocycles. The number of aryl methyl sites for hydroxylation is 2. The van der Waals surface area contributed by atoms with E-state index in [0.717, 1.165) is 30.8 Å². The van der Waals surface area contributed by atoms with Gasteiger partial charge in [0.05, 0.1) is 12.2 Å². The number of allylic oxidation sites excluding steroid dienone is 1. The number of aliphatic hydroxyl groups is 1. The van der Waals surface area contributed by atoms with Crippen LogP contribution >= 0.6 is 40.0 Å². The van der Waals surface area contributed by atoms with E-state index in [1.165, 1.54) is 48.8 Å². The first kappa shape index (κ1) is 39.8. The van der Waals surface area contributed by atoms with Crippen LogP contribution < -0.4 is 9.47 Å². The Hall–Kier alpha value is -0.216. The van der Waals surface area contributed by atoms with Gasteiger partial charge in [-0.2, -0.15) is 0 Å². The Kier molecular flexibility index (Phi) is 22.2. The van der Waals surface area contributed by atoms with Crippen LogP contribution in [0.25, 0.3) is 0 Å². The van der Waals surface area contributed by atoms with Gasteiger partial charge in [0, 0.05) is 6.61 Å². The van der Waals surface area contributed by atoms with Crippen LogP contribution in [-0.4, -0.2) is 23.9 Å². The van der Waals surface area contributed by atoms with Gasteiger partial charge >= 0.3 is 49.4 Å². The van der Waals surface area contributed by atoms with Crippen molar-refractivity contribution in [3.8, 4) is 11.5 Å². The van der Waals surface area contributed by atoms with Crippen molar-refractivity contribution < 1.29 is 24.0 Å². The van der Waals surface area contributed by atoms with Gasteiger partial charge in [0.2, 0.25) is 0 Å². The van der Waals surface area contributed by atoms with Crippen LogP contribution in [0.2, 0.25) is 0 Å². The third-order valence-corrected chi connectivity index (χ3v) is 7.67. The van der Waals surface area contributed by atoms with Crippen LogP contribution in [0.1, 0.15) is 91.2 Å². The van der Waals surface area contributed by atoms with E-state index in [1.54, 1.807) is 0 Å². The quantitative estimate of drug-likeness (QED) is 0.224. The number of benzene rings is 2. The molecule has 6 heteroatoms. The fourth-order valence-electron chi connectivity index (χ4n) is 5.42. The van der Waals surface area contributed by atoms with Crippen molar-refractivity contribution in [2.45, 2.75) is 106 Å². The molecule has 0 heterocycles. The normalized spacial score (nSPS) is 22.3. The zero-order valence-electron chi connectivity index (χ0n) is 23.5. The van der Waals surface area contributed by atoms with Gasteiger partial charge in [-0.15, -0.1) is 0 Å². The van der Waals surface area contributed by atoms with Crippen LogP contribution in [-0.2, 0) is 9.47 Å². The fraction of sp³-hybridized carbons (Fsp3) is 0.588. The minimum atomic E-state index is 0. The van der Waals surface area contributed by atoms with E-state index < -0.39 is 0 Å². The molecular formula is C34H54I2O3V. The molecule has 0 saturated heterocycles. The molecule has 2 aliphatic rings. The van der Waals surface area contributed by atoms with E-state index in [2.05, 4.69) is 111 Å². The van der Waals surface area contributed by atoms with E-state index in [1.807, 2.05) is 12.1 Å². The van der Waals surface area contributed by atoms with Crippen molar-refractivity contribution in [3.63, 3.8) is 0 Å².